The quantitative estimate of drug-likeness (QED) is 0.520. The van der Waals surface area contributed by atoms with Crippen LogP contribution >= 0.6 is 0 Å². The highest BCUT2D eigenvalue weighted by Gasteiger charge is 2.11. The number of methoxy groups -OCH3 is 1. The van der Waals surface area contributed by atoms with Crippen molar-refractivity contribution in [3.63, 3.8) is 0 Å². The zero-order chi connectivity index (χ0) is 16.8. The van der Waals surface area contributed by atoms with Crippen LogP contribution in [0.25, 0.3) is 6.08 Å². The Morgan fingerprint density at radius 2 is 2.04 bits per heavy atom. The molecule has 0 aliphatic carbocycles. The van der Waals surface area contributed by atoms with Gasteiger partial charge in [-0.25, -0.2) is 0 Å². The van der Waals surface area contributed by atoms with Crippen LogP contribution in [0, 0.1) is 17.0 Å². The van der Waals surface area contributed by atoms with Crippen LogP contribution in [0.2, 0.25) is 0 Å². The number of ether oxygens (including phenoxy) is 1. The molecule has 0 fully saturated rings. The molecule has 6 heteroatoms. The molecule has 0 aliphatic heterocycles. The first-order valence-corrected chi connectivity index (χ1v) is 6.88. The molecule has 6 nitrogen and oxygen atoms in total. The fourth-order valence-corrected chi connectivity index (χ4v) is 1.98. The van der Waals surface area contributed by atoms with Gasteiger partial charge in [-0.2, -0.15) is 0 Å². The van der Waals surface area contributed by atoms with E-state index in [0.717, 1.165) is 5.56 Å². The second-order valence-corrected chi connectivity index (χ2v) is 4.86. The Hall–Kier alpha value is -3.15. The number of hydrogen-bond acceptors (Lipinski definition) is 4. The summed E-state index contributed by atoms with van der Waals surface area (Å²) >= 11 is 0. The first kappa shape index (κ1) is 16.2. The fourth-order valence-electron chi connectivity index (χ4n) is 1.98. The third-order valence-electron chi connectivity index (χ3n) is 3.19. The van der Waals surface area contributed by atoms with E-state index in [-0.39, 0.29) is 11.6 Å². The molecule has 1 amide bonds. The number of benzene rings is 2. The van der Waals surface area contributed by atoms with Gasteiger partial charge < -0.3 is 10.1 Å². The number of carbonyl (C=O) groups excluding carboxylic acids is 1. The molecule has 2 rings (SSSR count). The van der Waals surface area contributed by atoms with Crippen molar-refractivity contribution in [1.82, 2.24) is 0 Å². The number of nitro groups is 1. The predicted molar refractivity (Wildman–Crippen MR) is 88.5 cm³/mol. The number of carbonyl (C=O) groups is 1. The van der Waals surface area contributed by atoms with Crippen molar-refractivity contribution in [2.75, 3.05) is 12.4 Å². The molecule has 0 heterocycles. The Morgan fingerprint density at radius 1 is 1.26 bits per heavy atom. The van der Waals surface area contributed by atoms with Gasteiger partial charge in [0.2, 0.25) is 5.91 Å². The number of hydrogen-bond donors (Lipinski definition) is 1. The second-order valence-electron chi connectivity index (χ2n) is 4.86. The normalized spacial score (nSPS) is 10.5. The smallest absolute Gasteiger partial charge is 0.274 e. The monoisotopic (exact) mass is 312 g/mol. The molecule has 0 aliphatic rings. The van der Waals surface area contributed by atoms with Gasteiger partial charge in [-0.05, 0) is 36.8 Å². The van der Waals surface area contributed by atoms with Crippen LogP contribution in [0.5, 0.6) is 5.75 Å². The first-order valence-electron chi connectivity index (χ1n) is 6.88. The highest BCUT2D eigenvalue weighted by atomic mass is 16.6. The summed E-state index contributed by atoms with van der Waals surface area (Å²) in [7, 11) is 1.57. The number of aryl methyl sites for hydroxylation is 1. The Morgan fingerprint density at radius 3 is 2.74 bits per heavy atom. The van der Waals surface area contributed by atoms with Gasteiger partial charge in [0.15, 0.2) is 0 Å². The van der Waals surface area contributed by atoms with Crippen LogP contribution in [0.4, 0.5) is 11.4 Å². The lowest BCUT2D eigenvalue weighted by molar-refractivity contribution is -0.385. The molecule has 0 bridgehead atoms. The number of anilines is 1. The van der Waals surface area contributed by atoms with Gasteiger partial charge in [-0.3, -0.25) is 14.9 Å². The van der Waals surface area contributed by atoms with Crippen LogP contribution in [0.15, 0.2) is 48.5 Å². The minimum Gasteiger partial charge on any atom is -0.497 e. The molecule has 0 saturated heterocycles. The molecule has 118 valence electrons. The summed E-state index contributed by atoms with van der Waals surface area (Å²) in [4.78, 5) is 22.3. The summed E-state index contributed by atoms with van der Waals surface area (Å²) in [5.41, 5.74) is 1.71. The van der Waals surface area contributed by atoms with Crippen molar-refractivity contribution in [3.8, 4) is 5.75 Å². The SMILES string of the molecule is COc1cccc(/C=C/C(=O)Nc2ccc(C)c([N+](=O)[O-])c2)c1. The van der Waals surface area contributed by atoms with E-state index in [9.17, 15) is 14.9 Å². The van der Waals surface area contributed by atoms with Gasteiger partial charge >= 0.3 is 0 Å². The van der Waals surface area contributed by atoms with Gasteiger partial charge in [0.05, 0.1) is 12.0 Å². The van der Waals surface area contributed by atoms with Crippen molar-refractivity contribution in [3.05, 3.63) is 69.8 Å². The molecule has 0 saturated carbocycles. The minimum atomic E-state index is -0.475. The number of amides is 1. The molecule has 23 heavy (non-hydrogen) atoms. The molecule has 1 N–H and O–H groups in total. The molecule has 2 aromatic rings. The summed E-state index contributed by atoms with van der Waals surface area (Å²) in [5, 5.41) is 13.5. The summed E-state index contributed by atoms with van der Waals surface area (Å²) in [6.07, 6.45) is 3.00. The highest BCUT2D eigenvalue weighted by molar-refractivity contribution is 6.02. The molecular formula is C17H16N2O4. The molecule has 0 radical (unpaired) electrons. The highest BCUT2D eigenvalue weighted by Crippen LogP contribution is 2.22. The van der Waals surface area contributed by atoms with Crippen molar-refractivity contribution in [2.24, 2.45) is 0 Å². The number of nitrogens with one attached hydrogen (secondary N) is 1. The first-order chi connectivity index (χ1) is 11.0. The van der Waals surface area contributed by atoms with E-state index in [1.54, 1.807) is 38.3 Å². The third-order valence-corrected chi connectivity index (χ3v) is 3.19. The van der Waals surface area contributed by atoms with Gasteiger partial charge in [-0.15, -0.1) is 0 Å². The molecule has 0 spiro atoms. The van der Waals surface area contributed by atoms with E-state index in [1.807, 2.05) is 18.2 Å². The number of rotatable bonds is 5. The van der Waals surface area contributed by atoms with Gasteiger partial charge in [0.25, 0.3) is 5.69 Å². The molecule has 0 unspecified atom stereocenters. The average molecular weight is 312 g/mol. The minimum absolute atomic E-state index is 0.0282. The Balaban J connectivity index is 2.08. The van der Waals surface area contributed by atoms with Crippen LogP contribution in [0.1, 0.15) is 11.1 Å². The maximum Gasteiger partial charge on any atom is 0.274 e. The largest absolute Gasteiger partial charge is 0.497 e. The van der Waals surface area contributed by atoms with Gasteiger partial charge in [0, 0.05) is 23.4 Å². The van der Waals surface area contributed by atoms with E-state index in [0.29, 0.717) is 17.0 Å². The van der Waals surface area contributed by atoms with E-state index in [4.69, 9.17) is 4.74 Å². The third kappa shape index (κ3) is 4.41. The van der Waals surface area contributed by atoms with Crippen LogP contribution in [-0.4, -0.2) is 17.9 Å². The Labute approximate surface area is 133 Å². The lowest BCUT2D eigenvalue weighted by atomic mass is 10.2. The maximum atomic E-state index is 11.9. The Bertz CT molecular complexity index is 769. The summed E-state index contributed by atoms with van der Waals surface area (Å²) in [6.45, 7) is 1.65. The molecule has 0 atom stereocenters. The van der Waals surface area contributed by atoms with Crippen LogP contribution in [0.3, 0.4) is 0 Å². The molecule has 0 aromatic heterocycles. The van der Waals surface area contributed by atoms with Crippen LogP contribution in [-0.2, 0) is 4.79 Å². The van der Waals surface area contributed by atoms with Crippen molar-refractivity contribution >= 4 is 23.4 Å². The standard InChI is InChI=1S/C17H16N2O4/c1-12-6-8-14(11-16(12)19(21)22)18-17(20)9-7-13-4-3-5-15(10-13)23-2/h3-11H,1-2H3,(H,18,20)/b9-7+. The Kier molecular flexibility index (Phi) is 5.09. The van der Waals surface area contributed by atoms with Crippen molar-refractivity contribution < 1.29 is 14.5 Å². The van der Waals surface area contributed by atoms with E-state index in [2.05, 4.69) is 5.32 Å². The number of nitro benzene ring substituents is 1. The maximum absolute atomic E-state index is 11.9. The summed E-state index contributed by atoms with van der Waals surface area (Å²) in [6, 6.07) is 11.8. The van der Waals surface area contributed by atoms with Crippen LogP contribution < -0.4 is 10.1 Å². The zero-order valence-electron chi connectivity index (χ0n) is 12.8. The summed E-state index contributed by atoms with van der Waals surface area (Å²) in [5.74, 6) is 0.327. The number of nitrogens with zero attached hydrogens (tertiary/aromatic N) is 1. The predicted octanol–water partition coefficient (Wildman–Crippen LogP) is 3.56. The topological polar surface area (TPSA) is 81.5 Å². The van der Waals surface area contributed by atoms with Gasteiger partial charge in [-0.1, -0.05) is 18.2 Å². The molecular weight excluding hydrogens is 296 g/mol. The lowest BCUT2D eigenvalue weighted by Crippen LogP contribution is -2.08. The van der Waals surface area contributed by atoms with Crippen molar-refractivity contribution in [2.45, 2.75) is 6.92 Å². The van der Waals surface area contributed by atoms with Gasteiger partial charge in [0.1, 0.15) is 5.75 Å². The summed E-state index contributed by atoms with van der Waals surface area (Å²) < 4.78 is 5.11. The van der Waals surface area contributed by atoms with E-state index in [1.165, 1.54) is 12.1 Å². The fraction of sp³-hybridized carbons (Fsp3) is 0.118. The van der Waals surface area contributed by atoms with E-state index < -0.39 is 4.92 Å². The van der Waals surface area contributed by atoms with E-state index >= 15 is 0 Å². The molecule has 2 aromatic carbocycles. The average Bonchev–Trinajstić information content (AvgIpc) is 2.54. The zero-order valence-corrected chi connectivity index (χ0v) is 12.8. The second kappa shape index (κ2) is 7.22. The van der Waals surface area contributed by atoms with Crippen molar-refractivity contribution in [1.29, 1.82) is 0 Å². The lowest BCUT2D eigenvalue weighted by Gasteiger charge is -2.04.